The second-order valence-electron chi connectivity index (χ2n) is 6.64. The molecule has 0 bridgehead atoms. The van der Waals surface area contributed by atoms with Gasteiger partial charge >= 0.3 is 0 Å². The second-order valence-corrected chi connectivity index (χ2v) is 6.64. The van der Waals surface area contributed by atoms with Gasteiger partial charge < -0.3 is 10.2 Å². The third-order valence-corrected chi connectivity index (χ3v) is 5.07. The summed E-state index contributed by atoms with van der Waals surface area (Å²) in [5.74, 6) is 0.415. The van der Waals surface area contributed by atoms with Gasteiger partial charge in [0.05, 0.1) is 5.52 Å². The Balaban J connectivity index is 0.00000243. The normalized spacial score (nSPS) is 15.1. The Labute approximate surface area is 160 Å². The van der Waals surface area contributed by atoms with Gasteiger partial charge in [0, 0.05) is 25.0 Å². The van der Waals surface area contributed by atoms with Crippen molar-refractivity contribution in [2.24, 2.45) is 5.92 Å². The number of carbonyl (C=O) groups is 1. The second kappa shape index (κ2) is 9.14. The summed E-state index contributed by atoms with van der Waals surface area (Å²) >= 11 is 0. The molecule has 1 N–H and O–H groups in total. The van der Waals surface area contributed by atoms with Crippen LogP contribution in [0.1, 0.15) is 36.7 Å². The van der Waals surface area contributed by atoms with E-state index in [2.05, 4.69) is 10.4 Å². The van der Waals surface area contributed by atoms with Crippen molar-refractivity contribution < 1.29 is 4.79 Å². The van der Waals surface area contributed by atoms with Crippen LogP contribution < -0.4 is 10.7 Å². The molecular weight excluding hydrogens is 352 g/mol. The van der Waals surface area contributed by atoms with Gasteiger partial charge in [0.25, 0.3) is 5.91 Å². The smallest absolute Gasteiger partial charge is 0.278 e. The van der Waals surface area contributed by atoms with Crippen molar-refractivity contribution in [2.45, 2.75) is 32.7 Å². The number of para-hydroxylation sites is 1. The van der Waals surface area contributed by atoms with Crippen molar-refractivity contribution in [2.75, 3.05) is 26.7 Å². The van der Waals surface area contributed by atoms with Crippen molar-refractivity contribution in [1.29, 1.82) is 0 Å². The molecule has 1 amide bonds. The van der Waals surface area contributed by atoms with Crippen LogP contribution >= 0.6 is 12.4 Å². The number of halogens is 1. The van der Waals surface area contributed by atoms with Crippen molar-refractivity contribution in [3.05, 3.63) is 40.2 Å². The minimum absolute atomic E-state index is 0. The molecule has 142 valence electrons. The Morgan fingerprint density at radius 1 is 1.27 bits per heavy atom. The molecule has 1 aliphatic rings. The maximum atomic E-state index is 12.9. The molecule has 1 saturated heterocycles. The zero-order valence-electron chi connectivity index (χ0n) is 15.4. The summed E-state index contributed by atoms with van der Waals surface area (Å²) < 4.78 is 1.74. The maximum absolute atomic E-state index is 12.9. The van der Waals surface area contributed by atoms with E-state index < -0.39 is 0 Å². The number of fused-ring (bicyclic) bond motifs is 1. The fraction of sp³-hybridized carbons (Fsp3) is 0.526. The van der Waals surface area contributed by atoms with Crippen LogP contribution in [-0.4, -0.2) is 47.3 Å². The molecular formula is C19H27ClN4O2. The van der Waals surface area contributed by atoms with Crippen molar-refractivity contribution in [3.63, 3.8) is 0 Å². The standard InChI is InChI=1S/C19H26N4O2.ClH/c1-3-23-16-7-5-4-6-15(16)18(24)17(21-23)19(25)22-12-9-14(10-13-22)8-11-20-2;/h4-7,14,20H,3,8-13H2,1-2H3;1H. The SMILES string of the molecule is CCn1nc(C(=O)N2CCC(CCNC)CC2)c(=O)c2ccccc21.Cl. The summed E-state index contributed by atoms with van der Waals surface area (Å²) in [7, 11) is 1.96. The van der Waals surface area contributed by atoms with Crippen LogP contribution in [0.2, 0.25) is 0 Å². The topological polar surface area (TPSA) is 67.2 Å². The average Bonchev–Trinajstić information content (AvgIpc) is 2.67. The third-order valence-electron chi connectivity index (χ3n) is 5.07. The molecule has 0 aliphatic carbocycles. The third kappa shape index (κ3) is 4.07. The van der Waals surface area contributed by atoms with E-state index >= 15 is 0 Å². The number of carbonyl (C=O) groups excluding carboxylic acids is 1. The van der Waals surface area contributed by atoms with E-state index in [0.717, 1.165) is 31.3 Å². The van der Waals surface area contributed by atoms with Crippen molar-refractivity contribution in [3.8, 4) is 0 Å². The highest BCUT2D eigenvalue weighted by Gasteiger charge is 2.27. The van der Waals surface area contributed by atoms with Gasteiger partial charge in [-0.2, -0.15) is 5.10 Å². The first-order valence-electron chi connectivity index (χ1n) is 9.09. The molecule has 26 heavy (non-hydrogen) atoms. The molecule has 0 radical (unpaired) electrons. The predicted molar refractivity (Wildman–Crippen MR) is 106 cm³/mol. The molecule has 3 rings (SSSR count). The number of amides is 1. The number of likely N-dealkylation sites (tertiary alicyclic amines) is 1. The van der Waals surface area contributed by atoms with Crippen molar-refractivity contribution >= 4 is 29.2 Å². The highest BCUT2D eigenvalue weighted by molar-refractivity contribution is 5.95. The lowest BCUT2D eigenvalue weighted by atomic mass is 9.93. The number of nitrogens with one attached hydrogen (secondary N) is 1. The minimum Gasteiger partial charge on any atom is -0.337 e. The molecule has 0 spiro atoms. The molecule has 7 heteroatoms. The molecule has 1 aliphatic heterocycles. The molecule has 6 nitrogen and oxygen atoms in total. The van der Waals surface area contributed by atoms with E-state index in [-0.39, 0.29) is 29.4 Å². The Morgan fingerprint density at radius 2 is 1.96 bits per heavy atom. The van der Waals surface area contributed by atoms with Gasteiger partial charge in [0.1, 0.15) is 0 Å². The van der Waals surface area contributed by atoms with Crippen LogP contribution in [0.15, 0.2) is 29.1 Å². The first-order valence-corrected chi connectivity index (χ1v) is 9.09. The molecule has 2 aromatic rings. The number of nitrogens with zero attached hydrogens (tertiary/aromatic N) is 3. The Hall–Kier alpha value is -1.92. The van der Waals surface area contributed by atoms with Crippen LogP contribution in [-0.2, 0) is 6.54 Å². The van der Waals surface area contributed by atoms with Crippen LogP contribution in [0.3, 0.4) is 0 Å². The average molecular weight is 379 g/mol. The largest absolute Gasteiger partial charge is 0.337 e. The monoisotopic (exact) mass is 378 g/mol. The number of hydrogen-bond donors (Lipinski definition) is 1. The van der Waals surface area contributed by atoms with Gasteiger partial charge in [-0.05, 0) is 57.8 Å². The van der Waals surface area contributed by atoms with E-state index in [0.29, 0.717) is 30.9 Å². The molecule has 0 unspecified atom stereocenters. The van der Waals surface area contributed by atoms with E-state index in [1.165, 1.54) is 0 Å². The van der Waals surface area contributed by atoms with Gasteiger partial charge in [-0.1, -0.05) is 12.1 Å². The summed E-state index contributed by atoms with van der Waals surface area (Å²) in [6, 6.07) is 7.35. The summed E-state index contributed by atoms with van der Waals surface area (Å²) in [5.41, 5.74) is 0.564. The number of rotatable bonds is 5. The van der Waals surface area contributed by atoms with Crippen LogP contribution in [0.5, 0.6) is 0 Å². The van der Waals surface area contributed by atoms with Gasteiger partial charge in [-0.15, -0.1) is 12.4 Å². The quantitative estimate of drug-likeness (QED) is 0.866. The first-order chi connectivity index (χ1) is 12.2. The lowest BCUT2D eigenvalue weighted by molar-refractivity contribution is 0.0677. The Kier molecular flexibility index (Phi) is 7.17. The molecule has 0 saturated carbocycles. The lowest BCUT2D eigenvalue weighted by Crippen LogP contribution is -2.41. The van der Waals surface area contributed by atoms with Crippen LogP contribution in [0, 0.1) is 5.92 Å². The van der Waals surface area contributed by atoms with E-state index in [1.54, 1.807) is 15.6 Å². The summed E-state index contributed by atoms with van der Waals surface area (Å²) in [4.78, 5) is 27.4. The highest BCUT2D eigenvalue weighted by Crippen LogP contribution is 2.21. The zero-order valence-corrected chi connectivity index (χ0v) is 16.2. The Morgan fingerprint density at radius 3 is 2.62 bits per heavy atom. The number of benzene rings is 1. The first kappa shape index (κ1) is 20.4. The fourth-order valence-corrected chi connectivity index (χ4v) is 3.54. The molecule has 1 aromatic carbocycles. The number of hydrogen-bond acceptors (Lipinski definition) is 4. The lowest BCUT2D eigenvalue weighted by Gasteiger charge is -2.31. The predicted octanol–water partition coefficient (Wildman–Crippen LogP) is 2.30. The van der Waals surface area contributed by atoms with Gasteiger partial charge in [-0.25, -0.2) is 0 Å². The Bertz CT molecular complexity index is 813. The van der Waals surface area contributed by atoms with E-state index in [1.807, 2.05) is 32.2 Å². The van der Waals surface area contributed by atoms with Gasteiger partial charge in [0.15, 0.2) is 5.69 Å². The van der Waals surface area contributed by atoms with Gasteiger partial charge in [0.2, 0.25) is 5.43 Å². The number of aromatic nitrogens is 2. The number of aryl methyl sites for hydroxylation is 1. The summed E-state index contributed by atoms with van der Waals surface area (Å²) in [6.07, 6.45) is 3.11. The molecule has 0 atom stereocenters. The molecule has 1 aromatic heterocycles. The van der Waals surface area contributed by atoms with Gasteiger partial charge in [-0.3, -0.25) is 14.3 Å². The van der Waals surface area contributed by atoms with E-state index in [4.69, 9.17) is 0 Å². The molecule has 2 heterocycles. The summed E-state index contributed by atoms with van der Waals surface area (Å²) in [6.45, 7) is 4.99. The van der Waals surface area contributed by atoms with E-state index in [9.17, 15) is 9.59 Å². The highest BCUT2D eigenvalue weighted by atomic mass is 35.5. The summed E-state index contributed by atoms with van der Waals surface area (Å²) in [5, 5.41) is 8.10. The minimum atomic E-state index is -0.261. The maximum Gasteiger partial charge on any atom is 0.278 e. The van der Waals surface area contributed by atoms with Crippen LogP contribution in [0.4, 0.5) is 0 Å². The van der Waals surface area contributed by atoms with Crippen LogP contribution in [0.25, 0.3) is 10.9 Å². The zero-order chi connectivity index (χ0) is 17.8. The van der Waals surface area contributed by atoms with Crippen molar-refractivity contribution in [1.82, 2.24) is 20.0 Å². The number of piperidine rings is 1. The molecule has 1 fully saturated rings. The fourth-order valence-electron chi connectivity index (χ4n) is 3.54.